The number of hydrogen-bond acceptors (Lipinski definition) is 0. The fraction of sp³-hybridized carbons (Fsp3) is 0.286. The molecule has 3 heteroatoms. The Hall–Kier alpha value is -1.51. The fourth-order valence-electron chi connectivity index (χ4n) is 1.45. The van der Waals surface area contributed by atoms with Gasteiger partial charge in [-0.1, -0.05) is 24.3 Å². The Morgan fingerprint density at radius 1 is 1.00 bits per heavy atom. The van der Waals surface area contributed by atoms with Crippen LogP contribution in [0.3, 0.4) is 0 Å². The largest absolute Gasteiger partial charge is 0.416 e. The van der Waals surface area contributed by atoms with Crippen molar-refractivity contribution in [2.75, 3.05) is 0 Å². The molecule has 0 atom stereocenters. The van der Waals surface area contributed by atoms with Crippen molar-refractivity contribution < 1.29 is 13.2 Å². The van der Waals surface area contributed by atoms with Gasteiger partial charge in [0.15, 0.2) is 0 Å². The lowest BCUT2D eigenvalue weighted by Crippen LogP contribution is -2.04. The van der Waals surface area contributed by atoms with E-state index in [1.165, 1.54) is 12.1 Å². The van der Waals surface area contributed by atoms with Crippen LogP contribution in [0.1, 0.15) is 31.9 Å². The van der Waals surface area contributed by atoms with Gasteiger partial charge in [0.25, 0.3) is 0 Å². The van der Waals surface area contributed by atoms with Gasteiger partial charge in [0.1, 0.15) is 0 Å². The second-order valence-electron chi connectivity index (χ2n) is 4.11. The second kappa shape index (κ2) is 4.78. The van der Waals surface area contributed by atoms with E-state index in [2.05, 4.69) is 6.58 Å². The van der Waals surface area contributed by atoms with Crippen LogP contribution in [0.5, 0.6) is 0 Å². The number of allylic oxidation sites excluding steroid dienone is 3. The molecule has 0 bridgehead atoms. The predicted molar refractivity (Wildman–Crippen MR) is 64.5 cm³/mol. The van der Waals surface area contributed by atoms with Gasteiger partial charge in [-0.15, -0.1) is 0 Å². The molecule has 0 spiro atoms. The van der Waals surface area contributed by atoms with Crippen molar-refractivity contribution >= 4 is 5.57 Å². The van der Waals surface area contributed by atoms with Crippen molar-refractivity contribution in [3.63, 3.8) is 0 Å². The van der Waals surface area contributed by atoms with Crippen LogP contribution in [0.2, 0.25) is 0 Å². The molecule has 0 nitrogen and oxygen atoms in total. The van der Waals surface area contributed by atoms with Crippen LogP contribution < -0.4 is 0 Å². The summed E-state index contributed by atoms with van der Waals surface area (Å²) < 4.78 is 37.1. The highest BCUT2D eigenvalue weighted by Gasteiger charge is 2.29. The monoisotopic (exact) mass is 240 g/mol. The Morgan fingerprint density at radius 2 is 1.47 bits per heavy atom. The first kappa shape index (κ1) is 13.6. The minimum absolute atomic E-state index is 0.623. The number of alkyl halides is 3. The molecule has 1 rings (SSSR count). The van der Waals surface area contributed by atoms with Crippen molar-refractivity contribution in [1.29, 1.82) is 0 Å². The Bertz CT molecular complexity index is 447. The summed E-state index contributed by atoms with van der Waals surface area (Å²) in [6, 6.07) is 5.18. The molecular weight excluding hydrogens is 225 g/mol. The highest BCUT2D eigenvalue weighted by Crippen LogP contribution is 2.30. The average molecular weight is 240 g/mol. The molecule has 0 amide bonds. The summed E-state index contributed by atoms with van der Waals surface area (Å²) >= 11 is 0. The van der Waals surface area contributed by atoms with Crippen LogP contribution in [0.15, 0.2) is 42.0 Å². The van der Waals surface area contributed by atoms with Gasteiger partial charge in [-0.2, -0.15) is 13.2 Å². The number of hydrogen-bond donors (Lipinski definition) is 0. The summed E-state index contributed by atoms with van der Waals surface area (Å²) in [4.78, 5) is 0. The van der Waals surface area contributed by atoms with E-state index >= 15 is 0 Å². The lowest BCUT2D eigenvalue weighted by atomic mass is 9.98. The van der Waals surface area contributed by atoms with E-state index in [4.69, 9.17) is 0 Å². The second-order valence-corrected chi connectivity index (χ2v) is 4.11. The van der Waals surface area contributed by atoms with Gasteiger partial charge >= 0.3 is 6.18 Å². The highest BCUT2D eigenvalue weighted by molar-refractivity contribution is 5.70. The molecule has 92 valence electrons. The van der Waals surface area contributed by atoms with Crippen molar-refractivity contribution in [2.24, 2.45) is 0 Å². The molecule has 0 radical (unpaired) electrons. The Morgan fingerprint density at radius 3 is 1.82 bits per heavy atom. The van der Waals surface area contributed by atoms with E-state index < -0.39 is 11.7 Å². The summed E-state index contributed by atoms with van der Waals surface area (Å²) in [7, 11) is 0. The normalized spacial score (nSPS) is 13.3. The van der Waals surface area contributed by atoms with E-state index in [0.29, 0.717) is 0 Å². The third-order valence-electron chi connectivity index (χ3n) is 2.85. The summed E-state index contributed by atoms with van der Waals surface area (Å²) in [6.07, 6.45) is -4.28. The van der Waals surface area contributed by atoms with Gasteiger partial charge in [0.2, 0.25) is 0 Å². The summed E-state index contributed by atoms with van der Waals surface area (Å²) in [5.41, 5.74) is 3.04. The zero-order chi connectivity index (χ0) is 13.2. The van der Waals surface area contributed by atoms with Crippen LogP contribution in [-0.4, -0.2) is 0 Å². The lowest BCUT2D eigenvalue weighted by Gasteiger charge is -2.10. The Labute approximate surface area is 99.5 Å². The Kier molecular flexibility index (Phi) is 3.81. The summed E-state index contributed by atoms with van der Waals surface area (Å²) in [6.45, 7) is 9.49. The van der Waals surface area contributed by atoms with Gasteiger partial charge in [0.05, 0.1) is 5.56 Å². The molecule has 1 aromatic rings. The molecule has 0 saturated carbocycles. The lowest BCUT2D eigenvalue weighted by molar-refractivity contribution is -0.137. The van der Waals surface area contributed by atoms with Crippen LogP contribution in [0, 0.1) is 0 Å². The molecule has 17 heavy (non-hydrogen) atoms. The topological polar surface area (TPSA) is 0 Å². The van der Waals surface area contributed by atoms with E-state index in [0.717, 1.165) is 34.4 Å². The van der Waals surface area contributed by atoms with Crippen LogP contribution in [0.4, 0.5) is 13.2 Å². The van der Waals surface area contributed by atoms with E-state index in [-0.39, 0.29) is 0 Å². The summed E-state index contributed by atoms with van der Waals surface area (Å²) in [5, 5.41) is 0. The number of rotatable bonds is 2. The molecule has 0 aliphatic rings. The first-order chi connectivity index (χ1) is 7.73. The molecule has 1 aromatic carbocycles. The molecule has 0 aliphatic carbocycles. The number of halogens is 3. The SMILES string of the molecule is C=C(C)/C(C)=C(\C)c1ccc(C(F)(F)F)cc1. The smallest absolute Gasteiger partial charge is 0.166 e. The highest BCUT2D eigenvalue weighted by atomic mass is 19.4. The Balaban J connectivity index is 3.12. The molecule has 0 aliphatic heterocycles. The summed E-state index contributed by atoms with van der Waals surface area (Å²) in [5.74, 6) is 0. The third-order valence-corrected chi connectivity index (χ3v) is 2.85. The molecule has 0 unspecified atom stereocenters. The van der Waals surface area contributed by atoms with Crippen molar-refractivity contribution in [3.05, 3.63) is 53.1 Å². The van der Waals surface area contributed by atoms with Crippen molar-refractivity contribution in [1.82, 2.24) is 0 Å². The quantitative estimate of drug-likeness (QED) is 0.633. The minimum atomic E-state index is -4.28. The first-order valence-corrected chi connectivity index (χ1v) is 5.24. The first-order valence-electron chi connectivity index (χ1n) is 5.24. The molecule has 0 fully saturated rings. The molecule has 0 aromatic heterocycles. The van der Waals surface area contributed by atoms with Crippen molar-refractivity contribution in [3.8, 4) is 0 Å². The molecule has 0 heterocycles. The maximum absolute atomic E-state index is 12.4. The third kappa shape index (κ3) is 3.22. The zero-order valence-electron chi connectivity index (χ0n) is 10.2. The van der Waals surface area contributed by atoms with Gasteiger partial charge in [0, 0.05) is 0 Å². The standard InChI is InChI=1S/C14H15F3/c1-9(2)10(3)11(4)12-5-7-13(8-6-12)14(15,16)17/h5-8H,1H2,2-4H3/b11-10+. The number of benzene rings is 1. The van der Waals surface area contributed by atoms with Crippen LogP contribution in [-0.2, 0) is 6.18 Å². The van der Waals surface area contributed by atoms with Crippen LogP contribution in [0.25, 0.3) is 5.57 Å². The molecule has 0 N–H and O–H groups in total. The van der Waals surface area contributed by atoms with Crippen molar-refractivity contribution in [2.45, 2.75) is 26.9 Å². The fourth-order valence-corrected chi connectivity index (χ4v) is 1.45. The van der Waals surface area contributed by atoms with Gasteiger partial charge in [-0.3, -0.25) is 0 Å². The molecular formula is C14H15F3. The molecule has 0 saturated heterocycles. The van der Waals surface area contributed by atoms with E-state index in [9.17, 15) is 13.2 Å². The van der Waals surface area contributed by atoms with Crippen LogP contribution >= 0.6 is 0 Å². The van der Waals surface area contributed by atoms with Gasteiger partial charge in [-0.25, -0.2) is 0 Å². The van der Waals surface area contributed by atoms with E-state index in [1.54, 1.807) is 0 Å². The predicted octanol–water partition coefficient (Wildman–Crippen LogP) is 5.07. The zero-order valence-corrected chi connectivity index (χ0v) is 10.2. The maximum atomic E-state index is 12.4. The average Bonchev–Trinajstić information content (AvgIpc) is 2.26. The van der Waals surface area contributed by atoms with Gasteiger partial charge in [-0.05, 0) is 49.6 Å². The van der Waals surface area contributed by atoms with E-state index in [1.807, 2.05) is 20.8 Å². The maximum Gasteiger partial charge on any atom is 0.416 e. The van der Waals surface area contributed by atoms with Gasteiger partial charge < -0.3 is 0 Å². The minimum Gasteiger partial charge on any atom is -0.166 e.